The quantitative estimate of drug-likeness (QED) is 0.602. The van der Waals surface area contributed by atoms with Crippen LogP contribution in [0.2, 0.25) is 0 Å². The van der Waals surface area contributed by atoms with Gasteiger partial charge in [-0.15, -0.1) is 0 Å². The zero-order chi connectivity index (χ0) is 8.39. The van der Waals surface area contributed by atoms with Gasteiger partial charge in [-0.05, 0) is 12.8 Å². The van der Waals surface area contributed by atoms with Crippen LogP contribution >= 0.6 is 0 Å². The van der Waals surface area contributed by atoms with Gasteiger partial charge in [-0.1, -0.05) is 6.42 Å². The maximum atomic E-state index is 8.86. The number of hydrogen-bond acceptors (Lipinski definition) is 3. The number of epoxide rings is 1. The van der Waals surface area contributed by atoms with Gasteiger partial charge in [-0.3, -0.25) is 4.90 Å². The second-order valence-corrected chi connectivity index (χ2v) is 3.76. The third-order valence-corrected chi connectivity index (χ3v) is 2.82. The van der Waals surface area contributed by atoms with Crippen molar-refractivity contribution in [3.8, 4) is 0 Å². The molecule has 1 aliphatic carbocycles. The Bertz CT molecular complexity index is 143. The van der Waals surface area contributed by atoms with E-state index >= 15 is 0 Å². The van der Waals surface area contributed by atoms with Gasteiger partial charge in [0.05, 0.1) is 19.3 Å². The van der Waals surface area contributed by atoms with Crippen LogP contribution in [0.25, 0.3) is 0 Å². The molecule has 0 aromatic carbocycles. The van der Waals surface area contributed by atoms with Gasteiger partial charge in [0.2, 0.25) is 0 Å². The maximum absolute atomic E-state index is 8.86. The molecular weight excluding hydrogens is 154 g/mol. The summed E-state index contributed by atoms with van der Waals surface area (Å²) >= 11 is 0. The van der Waals surface area contributed by atoms with Crippen LogP contribution in [0.1, 0.15) is 19.3 Å². The van der Waals surface area contributed by atoms with Crippen LogP contribution in [-0.2, 0) is 4.74 Å². The molecule has 3 nitrogen and oxygen atoms in total. The molecule has 0 spiro atoms. The highest BCUT2D eigenvalue weighted by atomic mass is 16.6. The zero-order valence-electron chi connectivity index (χ0n) is 7.41. The van der Waals surface area contributed by atoms with Crippen molar-refractivity contribution in [2.24, 2.45) is 0 Å². The molecule has 1 saturated heterocycles. The molecule has 0 bridgehead atoms. The molecule has 1 unspecified atom stereocenters. The predicted molar refractivity (Wildman–Crippen MR) is 46.0 cm³/mol. The maximum Gasteiger partial charge on any atom is 0.0936 e. The zero-order valence-corrected chi connectivity index (χ0v) is 7.41. The van der Waals surface area contributed by atoms with Gasteiger partial charge in [-0.25, -0.2) is 0 Å². The number of aliphatic hydroxyl groups is 1. The first-order chi connectivity index (χ1) is 5.90. The summed E-state index contributed by atoms with van der Waals surface area (Å²) < 4.78 is 5.18. The first-order valence-corrected chi connectivity index (χ1v) is 4.86. The van der Waals surface area contributed by atoms with Crippen LogP contribution in [-0.4, -0.2) is 48.5 Å². The Hall–Kier alpha value is -0.120. The van der Waals surface area contributed by atoms with E-state index in [1.807, 2.05) is 0 Å². The van der Waals surface area contributed by atoms with Crippen molar-refractivity contribution < 1.29 is 9.84 Å². The van der Waals surface area contributed by atoms with E-state index in [4.69, 9.17) is 9.84 Å². The highest BCUT2D eigenvalue weighted by molar-refractivity contribution is 4.84. The Morgan fingerprint density at radius 1 is 1.42 bits per heavy atom. The fourth-order valence-corrected chi connectivity index (χ4v) is 1.74. The molecule has 1 heterocycles. The van der Waals surface area contributed by atoms with Gasteiger partial charge in [0.1, 0.15) is 0 Å². The molecule has 1 N–H and O–H groups in total. The first kappa shape index (κ1) is 8.48. The lowest BCUT2D eigenvalue weighted by Gasteiger charge is -2.36. The van der Waals surface area contributed by atoms with E-state index in [2.05, 4.69) is 4.90 Å². The summed E-state index contributed by atoms with van der Waals surface area (Å²) in [6, 6.07) is 0.737. The number of ether oxygens (including phenoxy) is 1. The minimum Gasteiger partial charge on any atom is -0.395 e. The largest absolute Gasteiger partial charge is 0.395 e. The lowest BCUT2D eigenvalue weighted by Crippen LogP contribution is -2.43. The van der Waals surface area contributed by atoms with E-state index in [0.29, 0.717) is 6.10 Å². The fraction of sp³-hybridized carbons (Fsp3) is 1.00. The minimum absolute atomic E-state index is 0.281. The van der Waals surface area contributed by atoms with Gasteiger partial charge in [0.15, 0.2) is 0 Å². The van der Waals surface area contributed by atoms with Crippen molar-refractivity contribution in [2.45, 2.75) is 31.4 Å². The molecule has 1 aliphatic heterocycles. The van der Waals surface area contributed by atoms with E-state index in [0.717, 1.165) is 25.7 Å². The summed E-state index contributed by atoms with van der Waals surface area (Å²) in [5, 5.41) is 8.86. The van der Waals surface area contributed by atoms with Gasteiger partial charge in [-0.2, -0.15) is 0 Å². The summed E-state index contributed by atoms with van der Waals surface area (Å²) in [4.78, 5) is 2.38. The summed E-state index contributed by atoms with van der Waals surface area (Å²) in [7, 11) is 0. The predicted octanol–water partition coefficient (Wildman–Crippen LogP) is 0.232. The van der Waals surface area contributed by atoms with E-state index in [9.17, 15) is 0 Å². The molecule has 2 fully saturated rings. The fourth-order valence-electron chi connectivity index (χ4n) is 1.74. The van der Waals surface area contributed by atoms with E-state index in [-0.39, 0.29) is 6.61 Å². The summed E-state index contributed by atoms with van der Waals surface area (Å²) in [5.74, 6) is 0. The Morgan fingerprint density at radius 2 is 2.17 bits per heavy atom. The molecule has 0 amide bonds. The van der Waals surface area contributed by atoms with Crippen LogP contribution in [0.4, 0.5) is 0 Å². The minimum atomic E-state index is 0.281. The summed E-state index contributed by atoms with van der Waals surface area (Å²) in [6.07, 6.45) is 4.45. The lowest BCUT2D eigenvalue weighted by molar-refractivity contribution is 0.0936. The lowest BCUT2D eigenvalue weighted by atomic mass is 9.91. The van der Waals surface area contributed by atoms with Gasteiger partial charge in [0, 0.05) is 19.1 Å². The Kier molecular flexibility index (Phi) is 2.63. The Balaban J connectivity index is 1.74. The average Bonchev–Trinajstić information content (AvgIpc) is 2.68. The number of rotatable bonds is 5. The van der Waals surface area contributed by atoms with Crippen LogP contribution in [0.5, 0.6) is 0 Å². The molecule has 3 heteroatoms. The molecule has 1 atom stereocenters. The molecule has 1 saturated carbocycles. The summed E-state index contributed by atoms with van der Waals surface area (Å²) in [5.41, 5.74) is 0. The van der Waals surface area contributed by atoms with Crippen LogP contribution in [0.15, 0.2) is 0 Å². The van der Waals surface area contributed by atoms with Crippen molar-refractivity contribution in [1.29, 1.82) is 0 Å². The molecule has 12 heavy (non-hydrogen) atoms. The van der Waals surface area contributed by atoms with Crippen molar-refractivity contribution in [1.82, 2.24) is 4.90 Å². The molecule has 2 aliphatic rings. The smallest absolute Gasteiger partial charge is 0.0936 e. The number of aliphatic hydroxyl groups excluding tert-OH is 1. The standard InChI is InChI=1S/C9H17NO2/c11-5-4-10(6-9-7-12-9)8-2-1-3-8/h8-9,11H,1-7H2. The Morgan fingerprint density at radius 3 is 2.58 bits per heavy atom. The van der Waals surface area contributed by atoms with E-state index in [1.54, 1.807) is 0 Å². The van der Waals surface area contributed by atoms with Crippen LogP contribution in [0.3, 0.4) is 0 Å². The Labute approximate surface area is 73.3 Å². The topological polar surface area (TPSA) is 36.0 Å². The second kappa shape index (κ2) is 3.73. The highest BCUT2D eigenvalue weighted by Crippen LogP contribution is 2.26. The number of hydrogen-bond donors (Lipinski definition) is 1. The molecule has 0 aromatic rings. The van der Waals surface area contributed by atoms with Gasteiger partial charge >= 0.3 is 0 Å². The van der Waals surface area contributed by atoms with Crippen molar-refractivity contribution in [2.75, 3.05) is 26.3 Å². The first-order valence-electron chi connectivity index (χ1n) is 4.86. The summed E-state index contributed by atoms with van der Waals surface area (Å²) in [6.45, 7) is 3.06. The normalized spacial score (nSPS) is 29.0. The SMILES string of the molecule is OCCN(CC1CO1)C1CCC1. The van der Waals surface area contributed by atoms with Gasteiger partial charge in [0.25, 0.3) is 0 Å². The monoisotopic (exact) mass is 171 g/mol. The highest BCUT2D eigenvalue weighted by Gasteiger charge is 2.31. The van der Waals surface area contributed by atoms with E-state index in [1.165, 1.54) is 19.3 Å². The molecule has 0 radical (unpaired) electrons. The van der Waals surface area contributed by atoms with Gasteiger partial charge < -0.3 is 9.84 Å². The van der Waals surface area contributed by atoms with Crippen molar-refractivity contribution >= 4 is 0 Å². The third-order valence-electron chi connectivity index (χ3n) is 2.82. The number of nitrogens with zero attached hydrogens (tertiary/aromatic N) is 1. The van der Waals surface area contributed by atoms with Crippen LogP contribution < -0.4 is 0 Å². The second-order valence-electron chi connectivity index (χ2n) is 3.76. The average molecular weight is 171 g/mol. The van der Waals surface area contributed by atoms with Crippen LogP contribution in [0, 0.1) is 0 Å². The van der Waals surface area contributed by atoms with E-state index < -0.39 is 0 Å². The van der Waals surface area contributed by atoms with Crippen molar-refractivity contribution in [3.05, 3.63) is 0 Å². The molecule has 2 rings (SSSR count). The van der Waals surface area contributed by atoms with Crippen molar-refractivity contribution in [3.63, 3.8) is 0 Å². The molecular formula is C9H17NO2. The third kappa shape index (κ3) is 1.97. The molecule has 70 valence electrons. The molecule has 0 aromatic heterocycles.